The number of carboxylic acids is 1. The van der Waals surface area contributed by atoms with Crippen LogP contribution in [0.15, 0.2) is 66.9 Å². The number of carbonyl (C=O) groups is 1. The molecule has 2 atom stereocenters. The van der Waals surface area contributed by atoms with E-state index < -0.39 is 18.2 Å². The number of ether oxygens (including phenoxy) is 1. The van der Waals surface area contributed by atoms with Crippen LogP contribution < -0.4 is 0 Å². The molecule has 0 fully saturated rings. The minimum Gasteiger partial charge on any atom is -0.481 e. The highest BCUT2D eigenvalue weighted by Crippen LogP contribution is 2.37. The summed E-state index contributed by atoms with van der Waals surface area (Å²) in [5.41, 5.74) is 6.33. The van der Waals surface area contributed by atoms with Crippen molar-refractivity contribution in [2.45, 2.75) is 128 Å². The number of alkyl halides is 3. The maximum atomic E-state index is 12.9. The molecule has 2 unspecified atom stereocenters. The molecule has 0 radical (unpaired) electrons. The molecule has 4 nitrogen and oxygen atoms in total. The molecule has 0 aliphatic carbocycles. The number of unbranched alkanes of at least 4 members (excludes halogenated alkanes) is 8. The van der Waals surface area contributed by atoms with Crippen molar-refractivity contribution in [1.82, 2.24) is 4.98 Å². The standard InChI is InChI=1S/C39H52F3NO3/c1-3-4-5-6-7-8-9-10-14-21-35-25-23-34(29-43-35)37-28-33(24-26-36(37)32-17-12-11-13-18-32)31(19-15-22-38(44)45)20-16-27-46-30(2)39(40,41)42/h11-13,17-18,23-26,28-31H,3-10,14-16,19-22,27H2,1-2H3,(H,44,45). The number of pyridine rings is 1. The number of nitrogens with zero attached hydrogens (tertiary/aromatic N) is 1. The summed E-state index contributed by atoms with van der Waals surface area (Å²) in [6.07, 6.45) is 10.5. The molecule has 2 aromatic carbocycles. The van der Waals surface area contributed by atoms with Gasteiger partial charge in [-0.05, 0) is 79.7 Å². The van der Waals surface area contributed by atoms with Crippen LogP contribution >= 0.6 is 0 Å². The maximum Gasteiger partial charge on any atom is 0.414 e. The van der Waals surface area contributed by atoms with E-state index in [0.717, 1.165) is 53.3 Å². The Labute approximate surface area is 273 Å². The lowest BCUT2D eigenvalue weighted by Gasteiger charge is -2.21. The van der Waals surface area contributed by atoms with Crippen molar-refractivity contribution in [3.63, 3.8) is 0 Å². The second-order valence-corrected chi connectivity index (χ2v) is 12.5. The smallest absolute Gasteiger partial charge is 0.414 e. The summed E-state index contributed by atoms with van der Waals surface area (Å²) in [7, 11) is 0. The second-order valence-electron chi connectivity index (χ2n) is 12.5. The monoisotopic (exact) mass is 639 g/mol. The van der Waals surface area contributed by atoms with Gasteiger partial charge in [-0.1, -0.05) is 113 Å². The summed E-state index contributed by atoms with van der Waals surface area (Å²) < 4.78 is 43.8. The van der Waals surface area contributed by atoms with Crippen molar-refractivity contribution >= 4 is 5.97 Å². The Kier molecular flexibility index (Phi) is 16.3. The lowest BCUT2D eigenvalue weighted by molar-refractivity contribution is -0.214. The summed E-state index contributed by atoms with van der Waals surface area (Å²) in [4.78, 5) is 16.1. The van der Waals surface area contributed by atoms with Gasteiger partial charge in [0, 0.05) is 30.5 Å². The lowest BCUT2D eigenvalue weighted by Crippen LogP contribution is -2.28. The Morgan fingerprint density at radius 2 is 1.48 bits per heavy atom. The molecule has 1 aromatic heterocycles. The number of benzene rings is 2. The normalized spacial score (nSPS) is 13.1. The maximum absolute atomic E-state index is 12.9. The Balaban J connectivity index is 1.74. The number of aliphatic carboxylic acids is 1. The van der Waals surface area contributed by atoms with Crippen LogP contribution in [0, 0.1) is 0 Å². The summed E-state index contributed by atoms with van der Waals surface area (Å²) in [6.45, 7) is 3.27. The fraction of sp³-hybridized carbons (Fsp3) is 0.538. The van der Waals surface area contributed by atoms with Crippen LogP contribution in [-0.4, -0.2) is 34.9 Å². The SMILES string of the molecule is CCCCCCCCCCCc1ccc(-c2cc(C(CCCOC(C)C(F)(F)F)CCCC(=O)O)ccc2-c2ccccc2)cn1. The van der Waals surface area contributed by atoms with E-state index in [1.54, 1.807) is 0 Å². The van der Waals surface area contributed by atoms with Crippen LogP contribution in [0.25, 0.3) is 22.3 Å². The van der Waals surface area contributed by atoms with E-state index in [1.807, 2.05) is 24.4 Å². The van der Waals surface area contributed by atoms with E-state index in [4.69, 9.17) is 9.72 Å². The van der Waals surface area contributed by atoms with Crippen LogP contribution in [0.5, 0.6) is 0 Å². The van der Waals surface area contributed by atoms with Crippen LogP contribution in [0.1, 0.15) is 121 Å². The summed E-state index contributed by atoms with van der Waals surface area (Å²) in [5.74, 6) is -0.860. The predicted octanol–water partition coefficient (Wildman–Crippen LogP) is 11.6. The average molecular weight is 640 g/mol. The van der Waals surface area contributed by atoms with E-state index in [-0.39, 0.29) is 18.9 Å². The van der Waals surface area contributed by atoms with Crippen molar-refractivity contribution in [3.8, 4) is 22.3 Å². The van der Waals surface area contributed by atoms with Gasteiger partial charge in [0.1, 0.15) is 0 Å². The first kappa shape index (κ1) is 37.3. The van der Waals surface area contributed by atoms with Crippen molar-refractivity contribution < 1.29 is 27.8 Å². The fourth-order valence-corrected chi connectivity index (χ4v) is 5.93. The van der Waals surface area contributed by atoms with Crippen LogP contribution in [0.4, 0.5) is 13.2 Å². The molecule has 7 heteroatoms. The van der Waals surface area contributed by atoms with E-state index >= 15 is 0 Å². The first-order valence-corrected chi connectivity index (χ1v) is 17.2. The predicted molar refractivity (Wildman–Crippen MR) is 181 cm³/mol. The third kappa shape index (κ3) is 13.3. The molecule has 0 amide bonds. The number of halogens is 3. The van der Waals surface area contributed by atoms with Gasteiger partial charge in [-0.15, -0.1) is 0 Å². The van der Waals surface area contributed by atoms with E-state index in [9.17, 15) is 23.1 Å². The third-order valence-electron chi connectivity index (χ3n) is 8.74. The van der Waals surface area contributed by atoms with Crippen molar-refractivity contribution in [3.05, 3.63) is 78.1 Å². The number of carboxylic acid groups (broad SMARTS) is 1. The number of hydrogen-bond donors (Lipinski definition) is 1. The van der Waals surface area contributed by atoms with Gasteiger partial charge < -0.3 is 9.84 Å². The zero-order chi connectivity index (χ0) is 33.2. The molecular formula is C39H52F3NO3. The van der Waals surface area contributed by atoms with Gasteiger partial charge in [-0.2, -0.15) is 13.2 Å². The van der Waals surface area contributed by atoms with Gasteiger partial charge in [0.15, 0.2) is 6.10 Å². The van der Waals surface area contributed by atoms with Gasteiger partial charge in [0.25, 0.3) is 0 Å². The fourth-order valence-electron chi connectivity index (χ4n) is 5.93. The number of hydrogen-bond acceptors (Lipinski definition) is 3. The Hall–Kier alpha value is -3.19. The topological polar surface area (TPSA) is 59.4 Å². The molecule has 1 N–H and O–H groups in total. The molecule has 0 saturated heterocycles. The van der Waals surface area contributed by atoms with Gasteiger partial charge in [0.2, 0.25) is 0 Å². The first-order valence-electron chi connectivity index (χ1n) is 17.2. The van der Waals surface area contributed by atoms with E-state index in [1.165, 1.54) is 51.4 Å². The molecule has 252 valence electrons. The second kappa shape index (κ2) is 20.1. The molecule has 0 aliphatic rings. The average Bonchev–Trinajstić information content (AvgIpc) is 3.05. The third-order valence-corrected chi connectivity index (χ3v) is 8.74. The van der Waals surface area contributed by atoms with E-state index in [2.05, 4.69) is 49.4 Å². The van der Waals surface area contributed by atoms with Gasteiger partial charge in [0.05, 0.1) is 0 Å². The molecule has 0 saturated carbocycles. The largest absolute Gasteiger partial charge is 0.481 e. The van der Waals surface area contributed by atoms with Crippen molar-refractivity contribution in [1.29, 1.82) is 0 Å². The molecule has 0 aliphatic heterocycles. The van der Waals surface area contributed by atoms with Gasteiger partial charge >= 0.3 is 12.1 Å². The van der Waals surface area contributed by atoms with Crippen LogP contribution in [0.3, 0.4) is 0 Å². The molecule has 0 spiro atoms. The number of aryl methyl sites for hydroxylation is 1. The summed E-state index contributed by atoms with van der Waals surface area (Å²) in [5, 5.41) is 9.22. The zero-order valence-corrected chi connectivity index (χ0v) is 27.7. The zero-order valence-electron chi connectivity index (χ0n) is 27.7. The van der Waals surface area contributed by atoms with E-state index in [0.29, 0.717) is 25.7 Å². The Morgan fingerprint density at radius 1 is 0.804 bits per heavy atom. The van der Waals surface area contributed by atoms with Crippen LogP contribution in [0.2, 0.25) is 0 Å². The highest BCUT2D eigenvalue weighted by Gasteiger charge is 2.36. The lowest BCUT2D eigenvalue weighted by atomic mass is 9.85. The highest BCUT2D eigenvalue weighted by atomic mass is 19.4. The van der Waals surface area contributed by atoms with Crippen LogP contribution in [-0.2, 0) is 16.0 Å². The number of rotatable bonds is 22. The molecule has 46 heavy (non-hydrogen) atoms. The first-order chi connectivity index (χ1) is 22.2. The molecule has 3 rings (SSSR count). The summed E-state index contributed by atoms with van der Waals surface area (Å²) in [6, 6.07) is 20.7. The molecule has 1 heterocycles. The Morgan fingerprint density at radius 3 is 2.11 bits per heavy atom. The quantitative estimate of drug-likeness (QED) is 0.111. The Bertz CT molecular complexity index is 1280. The molecule has 0 bridgehead atoms. The highest BCUT2D eigenvalue weighted by molar-refractivity contribution is 5.83. The van der Waals surface area contributed by atoms with Crippen molar-refractivity contribution in [2.75, 3.05) is 6.61 Å². The molecular weight excluding hydrogens is 587 g/mol. The summed E-state index contributed by atoms with van der Waals surface area (Å²) >= 11 is 0. The minimum atomic E-state index is -4.39. The van der Waals surface area contributed by atoms with Gasteiger partial charge in [-0.3, -0.25) is 9.78 Å². The van der Waals surface area contributed by atoms with Gasteiger partial charge in [-0.25, -0.2) is 0 Å². The minimum absolute atomic E-state index is 0.00456. The number of aromatic nitrogens is 1. The van der Waals surface area contributed by atoms with Crippen molar-refractivity contribution in [2.24, 2.45) is 0 Å². The molecule has 3 aromatic rings.